The molecule has 0 saturated heterocycles. The number of aryl methyl sites for hydroxylation is 1. The van der Waals surface area contributed by atoms with Gasteiger partial charge in [0.25, 0.3) is 0 Å². The van der Waals surface area contributed by atoms with E-state index in [2.05, 4.69) is 17.4 Å². The fraction of sp³-hybridized carbons (Fsp3) is 0.727. The van der Waals surface area contributed by atoms with Gasteiger partial charge in [-0.2, -0.15) is 0 Å². The van der Waals surface area contributed by atoms with Crippen molar-refractivity contribution < 1.29 is 4.52 Å². The Morgan fingerprint density at radius 3 is 3.07 bits per heavy atom. The van der Waals surface area contributed by atoms with E-state index in [1.165, 1.54) is 24.8 Å². The van der Waals surface area contributed by atoms with Crippen LogP contribution in [0.3, 0.4) is 0 Å². The SMILES string of the molecule is CC1CCc2cnoc2C1NC1CC1. The molecule has 76 valence electrons. The third-order valence-corrected chi connectivity index (χ3v) is 3.39. The quantitative estimate of drug-likeness (QED) is 0.779. The Morgan fingerprint density at radius 2 is 2.29 bits per heavy atom. The van der Waals surface area contributed by atoms with Crippen LogP contribution in [-0.2, 0) is 6.42 Å². The number of hydrogen-bond donors (Lipinski definition) is 1. The summed E-state index contributed by atoms with van der Waals surface area (Å²) < 4.78 is 5.36. The molecule has 0 spiro atoms. The number of hydrogen-bond acceptors (Lipinski definition) is 3. The molecule has 2 unspecified atom stereocenters. The molecule has 1 heterocycles. The largest absolute Gasteiger partial charge is 0.359 e. The van der Waals surface area contributed by atoms with E-state index in [1.807, 2.05) is 6.20 Å². The van der Waals surface area contributed by atoms with Crippen LogP contribution in [0.1, 0.15) is 43.6 Å². The standard InChI is InChI=1S/C11H16N2O/c1-7-2-3-8-6-12-14-11(8)10(7)13-9-4-5-9/h6-7,9-10,13H,2-5H2,1H3. The maximum Gasteiger partial charge on any atom is 0.157 e. The Bertz CT molecular complexity index is 330. The van der Waals surface area contributed by atoms with E-state index in [0.717, 1.165) is 18.2 Å². The average molecular weight is 192 g/mol. The number of nitrogens with one attached hydrogen (secondary N) is 1. The van der Waals surface area contributed by atoms with Crippen molar-refractivity contribution in [1.82, 2.24) is 10.5 Å². The summed E-state index contributed by atoms with van der Waals surface area (Å²) in [7, 11) is 0. The van der Waals surface area contributed by atoms with Crippen LogP contribution in [0.4, 0.5) is 0 Å². The average Bonchev–Trinajstić information content (AvgIpc) is 2.86. The van der Waals surface area contributed by atoms with E-state index in [0.29, 0.717) is 12.0 Å². The van der Waals surface area contributed by atoms with Crippen LogP contribution in [0.25, 0.3) is 0 Å². The normalized spacial score (nSPS) is 31.5. The van der Waals surface area contributed by atoms with Crippen molar-refractivity contribution >= 4 is 0 Å². The molecule has 1 saturated carbocycles. The monoisotopic (exact) mass is 192 g/mol. The Labute approximate surface area is 83.9 Å². The van der Waals surface area contributed by atoms with E-state index in [9.17, 15) is 0 Å². The van der Waals surface area contributed by atoms with Gasteiger partial charge in [-0.1, -0.05) is 12.1 Å². The van der Waals surface area contributed by atoms with Gasteiger partial charge in [0.2, 0.25) is 0 Å². The van der Waals surface area contributed by atoms with E-state index >= 15 is 0 Å². The Balaban J connectivity index is 1.86. The van der Waals surface area contributed by atoms with Gasteiger partial charge in [-0.3, -0.25) is 0 Å². The molecule has 0 bridgehead atoms. The number of aromatic nitrogens is 1. The first-order valence-corrected chi connectivity index (χ1v) is 5.54. The lowest BCUT2D eigenvalue weighted by Crippen LogP contribution is -2.31. The zero-order valence-electron chi connectivity index (χ0n) is 8.49. The highest BCUT2D eigenvalue weighted by molar-refractivity contribution is 5.21. The van der Waals surface area contributed by atoms with Crippen molar-refractivity contribution in [3.63, 3.8) is 0 Å². The third-order valence-electron chi connectivity index (χ3n) is 3.39. The third kappa shape index (κ3) is 1.36. The molecule has 0 radical (unpaired) electrons. The number of fused-ring (bicyclic) bond motifs is 1. The molecule has 2 aliphatic carbocycles. The van der Waals surface area contributed by atoms with E-state index in [-0.39, 0.29) is 0 Å². The van der Waals surface area contributed by atoms with Crippen LogP contribution in [0.5, 0.6) is 0 Å². The van der Waals surface area contributed by atoms with Crippen molar-refractivity contribution in [3.05, 3.63) is 17.5 Å². The smallest absolute Gasteiger partial charge is 0.157 e. The van der Waals surface area contributed by atoms with Crippen LogP contribution in [0.2, 0.25) is 0 Å². The first kappa shape index (κ1) is 8.48. The molecule has 1 aromatic rings. The molecule has 14 heavy (non-hydrogen) atoms. The van der Waals surface area contributed by atoms with Gasteiger partial charge in [-0.05, 0) is 31.6 Å². The second-order valence-electron chi connectivity index (χ2n) is 4.65. The van der Waals surface area contributed by atoms with Gasteiger partial charge in [-0.15, -0.1) is 0 Å². The zero-order valence-corrected chi connectivity index (χ0v) is 8.49. The summed E-state index contributed by atoms with van der Waals surface area (Å²) in [4.78, 5) is 0. The molecular formula is C11H16N2O. The van der Waals surface area contributed by atoms with Crippen molar-refractivity contribution in [3.8, 4) is 0 Å². The minimum absolute atomic E-state index is 0.411. The first-order chi connectivity index (χ1) is 6.84. The topological polar surface area (TPSA) is 38.1 Å². The molecule has 3 rings (SSSR count). The van der Waals surface area contributed by atoms with E-state index in [1.54, 1.807) is 0 Å². The fourth-order valence-electron chi connectivity index (χ4n) is 2.27. The highest BCUT2D eigenvalue weighted by Gasteiger charge is 2.34. The second kappa shape index (κ2) is 3.09. The molecule has 1 N–H and O–H groups in total. The highest BCUT2D eigenvalue weighted by Crippen LogP contribution is 2.36. The van der Waals surface area contributed by atoms with Gasteiger partial charge in [0, 0.05) is 11.6 Å². The number of rotatable bonds is 2. The summed E-state index contributed by atoms with van der Waals surface area (Å²) in [5.74, 6) is 1.77. The summed E-state index contributed by atoms with van der Waals surface area (Å²) in [5, 5.41) is 7.55. The maximum absolute atomic E-state index is 5.36. The molecule has 2 atom stereocenters. The van der Waals surface area contributed by atoms with E-state index in [4.69, 9.17) is 4.52 Å². The summed E-state index contributed by atoms with van der Waals surface area (Å²) >= 11 is 0. The lowest BCUT2D eigenvalue weighted by Gasteiger charge is -2.27. The first-order valence-electron chi connectivity index (χ1n) is 5.54. The molecule has 0 aromatic carbocycles. The van der Waals surface area contributed by atoms with Gasteiger partial charge in [-0.25, -0.2) is 0 Å². The predicted molar refractivity (Wildman–Crippen MR) is 52.9 cm³/mol. The van der Waals surface area contributed by atoms with E-state index < -0.39 is 0 Å². The van der Waals surface area contributed by atoms with Crippen LogP contribution in [0, 0.1) is 5.92 Å². The van der Waals surface area contributed by atoms with Crippen LogP contribution < -0.4 is 5.32 Å². The predicted octanol–water partition coefficient (Wildman–Crippen LogP) is 2.05. The molecule has 1 aromatic heterocycles. The lowest BCUT2D eigenvalue weighted by atomic mass is 9.85. The van der Waals surface area contributed by atoms with Crippen molar-refractivity contribution in [1.29, 1.82) is 0 Å². The van der Waals surface area contributed by atoms with Gasteiger partial charge >= 0.3 is 0 Å². The summed E-state index contributed by atoms with van der Waals surface area (Å²) in [6.07, 6.45) is 6.91. The van der Waals surface area contributed by atoms with Crippen molar-refractivity contribution in [2.24, 2.45) is 5.92 Å². The van der Waals surface area contributed by atoms with Crippen LogP contribution in [0.15, 0.2) is 10.7 Å². The molecule has 0 amide bonds. The second-order valence-corrected chi connectivity index (χ2v) is 4.65. The minimum atomic E-state index is 0.411. The van der Waals surface area contributed by atoms with Gasteiger partial charge in [0.15, 0.2) is 5.76 Å². The molecule has 0 aliphatic heterocycles. The molecule has 2 aliphatic rings. The van der Waals surface area contributed by atoms with Gasteiger partial charge in [0.05, 0.1) is 12.2 Å². The van der Waals surface area contributed by atoms with Crippen molar-refractivity contribution in [2.45, 2.75) is 44.7 Å². The molecular weight excluding hydrogens is 176 g/mol. The minimum Gasteiger partial charge on any atom is -0.359 e. The molecule has 3 nitrogen and oxygen atoms in total. The van der Waals surface area contributed by atoms with Gasteiger partial charge < -0.3 is 9.84 Å². The summed E-state index contributed by atoms with van der Waals surface area (Å²) in [6, 6.07) is 1.15. The fourth-order valence-corrected chi connectivity index (χ4v) is 2.27. The van der Waals surface area contributed by atoms with Crippen LogP contribution >= 0.6 is 0 Å². The zero-order chi connectivity index (χ0) is 9.54. The Hall–Kier alpha value is -0.830. The summed E-state index contributed by atoms with van der Waals surface area (Å²) in [6.45, 7) is 2.30. The molecule has 1 fully saturated rings. The number of nitrogens with zero attached hydrogens (tertiary/aromatic N) is 1. The summed E-state index contributed by atoms with van der Waals surface area (Å²) in [5.41, 5.74) is 1.31. The lowest BCUT2D eigenvalue weighted by molar-refractivity contribution is 0.261. The Kier molecular flexibility index (Phi) is 1.87. The van der Waals surface area contributed by atoms with Crippen molar-refractivity contribution in [2.75, 3.05) is 0 Å². The molecule has 3 heteroatoms. The van der Waals surface area contributed by atoms with Gasteiger partial charge in [0.1, 0.15) is 0 Å². The van der Waals surface area contributed by atoms with Crippen LogP contribution in [-0.4, -0.2) is 11.2 Å². The Morgan fingerprint density at radius 1 is 1.43 bits per heavy atom. The highest BCUT2D eigenvalue weighted by atomic mass is 16.5. The maximum atomic E-state index is 5.36.